The number of rotatable bonds is 3. The molecule has 0 saturated heterocycles. The van der Waals surface area contributed by atoms with Crippen LogP contribution in [0.2, 0.25) is 0 Å². The topological polar surface area (TPSA) is 55.6 Å². The van der Waals surface area contributed by atoms with E-state index < -0.39 is 0 Å². The van der Waals surface area contributed by atoms with Crippen molar-refractivity contribution < 1.29 is 0 Å². The smallest absolute Gasteiger partial charge is 0.165 e. The van der Waals surface area contributed by atoms with Gasteiger partial charge in [-0.15, -0.1) is 0 Å². The highest BCUT2D eigenvalue weighted by molar-refractivity contribution is 5.86. The first kappa shape index (κ1) is 14.2. The van der Waals surface area contributed by atoms with Gasteiger partial charge in [-0.3, -0.25) is 0 Å². The van der Waals surface area contributed by atoms with Gasteiger partial charge in [-0.1, -0.05) is 42.7 Å². The number of aryl methyl sites for hydroxylation is 2. The van der Waals surface area contributed by atoms with Gasteiger partial charge in [0.25, 0.3) is 0 Å². The summed E-state index contributed by atoms with van der Waals surface area (Å²) in [5.41, 5.74) is 4.08. The van der Waals surface area contributed by atoms with Gasteiger partial charge in [0.05, 0.1) is 0 Å². The number of imidazole rings is 1. The normalized spacial score (nSPS) is 15.4. The third-order valence-corrected chi connectivity index (χ3v) is 4.66. The van der Waals surface area contributed by atoms with Gasteiger partial charge in [-0.05, 0) is 19.8 Å². The summed E-state index contributed by atoms with van der Waals surface area (Å²) in [6.45, 7) is 2.09. The fourth-order valence-electron chi connectivity index (χ4n) is 3.33. The van der Waals surface area contributed by atoms with Gasteiger partial charge in [0.15, 0.2) is 17.0 Å². The van der Waals surface area contributed by atoms with Crippen molar-refractivity contribution in [3.8, 4) is 11.4 Å². The maximum atomic E-state index is 4.83. The molecule has 0 unspecified atom stereocenters. The van der Waals surface area contributed by atoms with E-state index in [0.29, 0.717) is 6.04 Å². The Bertz CT molecular complexity index is 828. The summed E-state index contributed by atoms with van der Waals surface area (Å²) in [6, 6.07) is 8.94. The lowest BCUT2D eigenvalue weighted by Crippen LogP contribution is -2.15. The molecule has 4 rings (SSSR count). The average Bonchev–Trinajstić information content (AvgIpc) is 3.18. The minimum Gasteiger partial charge on any atom is -0.365 e. The van der Waals surface area contributed by atoms with Crippen molar-refractivity contribution >= 4 is 17.0 Å². The van der Waals surface area contributed by atoms with Crippen molar-refractivity contribution in [1.82, 2.24) is 19.5 Å². The summed E-state index contributed by atoms with van der Waals surface area (Å²) in [7, 11) is 2.01. The molecule has 1 aliphatic rings. The summed E-state index contributed by atoms with van der Waals surface area (Å²) < 4.78 is 2.04. The second-order valence-corrected chi connectivity index (χ2v) is 6.38. The molecular weight excluding hydrogens is 286 g/mol. The minimum absolute atomic E-state index is 0.512. The van der Waals surface area contributed by atoms with E-state index in [1.807, 2.05) is 11.6 Å². The van der Waals surface area contributed by atoms with Crippen LogP contribution >= 0.6 is 0 Å². The molecule has 1 aliphatic carbocycles. The third-order valence-electron chi connectivity index (χ3n) is 4.66. The Balaban J connectivity index is 1.78. The number of benzene rings is 1. The second-order valence-electron chi connectivity index (χ2n) is 6.38. The van der Waals surface area contributed by atoms with Crippen LogP contribution in [0.15, 0.2) is 30.6 Å². The monoisotopic (exact) mass is 307 g/mol. The lowest BCUT2D eigenvalue weighted by molar-refractivity contribution is 0.751. The molecule has 1 N–H and O–H groups in total. The molecule has 2 aromatic heterocycles. The number of anilines is 1. The third kappa shape index (κ3) is 2.56. The predicted octanol–water partition coefficient (Wildman–Crippen LogP) is 3.69. The number of aromatic nitrogens is 4. The van der Waals surface area contributed by atoms with Gasteiger partial charge in [0, 0.05) is 18.7 Å². The van der Waals surface area contributed by atoms with Crippen LogP contribution in [0.1, 0.15) is 31.2 Å². The molecule has 0 atom stereocenters. The average molecular weight is 307 g/mol. The number of nitrogens with one attached hydrogen (secondary N) is 1. The van der Waals surface area contributed by atoms with Gasteiger partial charge in [0.1, 0.15) is 12.2 Å². The summed E-state index contributed by atoms with van der Waals surface area (Å²) in [5.74, 6) is 1.78. The zero-order chi connectivity index (χ0) is 15.8. The first-order valence-corrected chi connectivity index (χ1v) is 8.23. The van der Waals surface area contributed by atoms with Crippen molar-refractivity contribution in [3.05, 3.63) is 36.2 Å². The van der Waals surface area contributed by atoms with E-state index in [2.05, 4.69) is 46.5 Å². The molecular formula is C18H21N5. The van der Waals surface area contributed by atoms with Crippen LogP contribution in [0.4, 0.5) is 5.82 Å². The molecule has 0 amide bonds. The molecule has 1 aromatic carbocycles. The zero-order valence-corrected chi connectivity index (χ0v) is 13.6. The number of nitrogens with zero attached hydrogens (tertiary/aromatic N) is 4. The molecule has 2 heterocycles. The van der Waals surface area contributed by atoms with Crippen LogP contribution in [0, 0.1) is 6.92 Å². The van der Waals surface area contributed by atoms with Crippen molar-refractivity contribution in [3.63, 3.8) is 0 Å². The largest absolute Gasteiger partial charge is 0.365 e. The highest BCUT2D eigenvalue weighted by Crippen LogP contribution is 2.28. The van der Waals surface area contributed by atoms with Crippen LogP contribution in [-0.2, 0) is 7.05 Å². The Kier molecular flexibility index (Phi) is 3.48. The van der Waals surface area contributed by atoms with Crippen LogP contribution in [0.3, 0.4) is 0 Å². The quantitative estimate of drug-likeness (QED) is 0.801. The molecule has 5 nitrogen and oxygen atoms in total. The van der Waals surface area contributed by atoms with E-state index in [0.717, 1.165) is 28.4 Å². The standard InChI is InChI=1S/C18H21N5/c1-12-7-9-13(10-8-12)17-22-15-16(21-14-5-3-4-6-14)19-11-20-18(15)23(17)2/h7-11,14H,3-6H2,1-2H3,(H,19,20,21). The molecule has 1 saturated carbocycles. The van der Waals surface area contributed by atoms with Crippen molar-refractivity contribution in [1.29, 1.82) is 0 Å². The van der Waals surface area contributed by atoms with E-state index >= 15 is 0 Å². The predicted molar refractivity (Wildman–Crippen MR) is 92.4 cm³/mol. The fraction of sp³-hybridized carbons (Fsp3) is 0.389. The van der Waals surface area contributed by atoms with Gasteiger partial charge < -0.3 is 9.88 Å². The molecule has 0 radical (unpaired) electrons. The van der Waals surface area contributed by atoms with E-state index in [-0.39, 0.29) is 0 Å². The summed E-state index contributed by atoms with van der Waals surface area (Å²) in [5, 5.41) is 3.56. The summed E-state index contributed by atoms with van der Waals surface area (Å²) >= 11 is 0. The van der Waals surface area contributed by atoms with Crippen LogP contribution in [0.25, 0.3) is 22.6 Å². The van der Waals surface area contributed by atoms with Gasteiger partial charge in [0.2, 0.25) is 0 Å². The Hall–Kier alpha value is -2.43. The molecule has 23 heavy (non-hydrogen) atoms. The first-order valence-electron chi connectivity index (χ1n) is 8.23. The lowest BCUT2D eigenvalue weighted by atomic mass is 10.1. The number of fused-ring (bicyclic) bond motifs is 1. The van der Waals surface area contributed by atoms with E-state index in [4.69, 9.17) is 4.98 Å². The van der Waals surface area contributed by atoms with Crippen molar-refractivity contribution in [2.45, 2.75) is 38.6 Å². The van der Waals surface area contributed by atoms with E-state index in [9.17, 15) is 0 Å². The van der Waals surface area contributed by atoms with Crippen molar-refractivity contribution in [2.24, 2.45) is 7.05 Å². The Morgan fingerprint density at radius 2 is 1.83 bits per heavy atom. The Morgan fingerprint density at radius 3 is 2.57 bits per heavy atom. The Morgan fingerprint density at radius 1 is 1.09 bits per heavy atom. The molecule has 0 spiro atoms. The molecule has 118 valence electrons. The Labute approximate surface area is 135 Å². The maximum Gasteiger partial charge on any atom is 0.165 e. The second kappa shape index (κ2) is 5.65. The molecule has 0 aliphatic heterocycles. The van der Waals surface area contributed by atoms with Crippen LogP contribution in [-0.4, -0.2) is 25.6 Å². The molecule has 3 aromatic rings. The number of hydrogen-bond acceptors (Lipinski definition) is 4. The molecule has 0 bridgehead atoms. The zero-order valence-electron chi connectivity index (χ0n) is 13.6. The number of hydrogen-bond donors (Lipinski definition) is 1. The lowest BCUT2D eigenvalue weighted by Gasteiger charge is -2.12. The summed E-state index contributed by atoms with van der Waals surface area (Å²) in [4.78, 5) is 13.7. The van der Waals surface area contributed by atoms with E-state index in [1.165, 1.54) is 31.2 Å². The first-order chi connectivity index (χ1) is 11.2. The maximum absolute atomic E-state index is 4.83. The minimum atomic E-state index is 0.512. The van der Waals surface area contributed by atoms with Gasteiger partial charge in [-0.25, -0.2) is 15.0 Å². The van der Waals surface area contributed by atoms with Crippen molar-refractivity contribution in [2.75, 3.05) is 5.32 Å². The SMILES string of the molecule is Cc1ccc(-c2nc3c(NC4CCCC4)ncnc3n2C)cc1. The molecule has 5 heteroatoms. The highest BCUT2D eigenvalue weighted by atomic mass is 15.2. The summed E-state index contributed by atoms with van der Waals surface area (Å²) in [6.07, 6.45) is 6.64. The van der Waals surface area contributed by atoms with E-state index in [1.54, 1.807) is 6.33 Å². The van der Waals surface area contributed by atoms with Gasteiger partial charge in [-0.2, -0.15) is 0 Å². The van der Waals surface area contributed by atoms with Crippen LogP contribution < -0.4 is 5.32 Å². The fourth-order valence-corrected chi connectivity index (χ4v) is 3.33. The van der Waals surface area contributed by atoms with Gasteiger partial charge >= 0.3 is 0 Å². The van der Waals surface area contributed by atoms with Crippen LogP contribution in [0.5, 0.6) is 0 Å². The molecule has 1 fully saturated rings. The highest BCUT2D eigenvalue weighted by Gasteiger charge is 2.19.